The third-order valence-corrected chi connectivity index (χ3v) is 5.72. The molecule has 28 heavy (non-hydrogen) atoms. The van der Waals surface area contributed by atoms with Crippen molar-refractivity contribution < 1.29 is 9.53 Å². The van der Waals surface area contributed by atoms with Crippen LogP contribution in [0.2, 0.25) is 0 Å². The molecule has 3 aromatic rings. The molecule has 0 amide bonds. The van der Waals surface area contributed by atoms with Crippen molar-refractivity contribution in [1.29, 1.82) is 0 Å². The zero-order chi connectivity index (χ0) is 20.1. The van der Waals surface area contributed by atoms with E-state index in [1.165, 1.54) is 0 Å². The monoisotopic (exact) mass is 394 g/mol. The lowest BCUT2D eigenvalue weighted by Gasteiger charge is -2.14. The Bertz CT molecular complexity index is 1020. The van der Waals surface area contributed by atoms with Crippen molar-refractivity contribution in [2.75, 3.05) is 7.11 Å². The minimum atomic E-state index is 0.0506. The van der Waals surface area contributed by atoms with Crippen LogP contribution >= 0.6 is 11.3 Å². The number of rotatable bonds is 7. The van der Waals surface area contributed by atoms with Crippen LogP contribution in [0, 0.1) is 5.92 Å². The summed E-state index contributed by atoms with van der Waals surface area (Å²) in [5.74, 6) is 1.43. The highest BCUT2D eigenvalue weighted by Gasteiger charge is 2.11. The Morgan fingerprint density at radius 1 is 1.21 bits per heavy atom. The fourth-order valence-corrected chi connectivity index (χ4v) is 3.87. The Labute approximate surface area is 170 Å². The van der Waals surface area contributed by atoms with E-state index in [1.54, 1.807) is 25.4 Å². The first-order valence-corrected chi connectivity index (χ1v) is 10.4. The molecule has 0 bridgehead atoms. The fraction of sp³-hybridized carbons (Fsp3) is 0.304. The first-order valence-electron chi connectivity index (χ1n) is 9.50. The van der Waals surface area contributed by atoms with Gasteiger partial charge in [-0.1, -0.05) is 32.4 Å². The highest BCUT2D eigenvalue weighted by Crippen LogP contribution is 2.25. The third-order valence-electron chi connectivity index (χ3n) is 4.85. The molecule has 1 unspecified atom stereocenters. The summed E-state index contributed by atoms with van der Waals surface area (Å²) in [6.07, 6.45) is 1.10. The van der Waals surface area contributed by atoms with Gasteiger partial charge < -0.3 is 9.30 Å². The van der Waals surface area contributed by atoms with Gasteiger partial charge in [-0.25, -0.2) is 4.99 Å². The minimum absolute atomic E-state index is 0.0506. The molecule has 5 heteroatoms. The van der Waals surface area contributed by atoms with Gasteiger partial charge in [0, 0.05) is 17.5 Å². The largest absolute Gasteiger partial charge is 0.497 e. The molecule has 1 aromatic heterocycles. The summed E-state index contributed by atoms with van der Waals surface area (Å²) in [4.78, 5) is 17.5. The van der Waals surface area contributed by atoms with Crippen LogP contribution in [-0.2, 0) is 6.54 Å². The van der Waals surface area contributed by atoms with Gasteiger partial charge in [0.05, 0.1) is 18.5 Å². The predicted molar refractivity (Wildman–Crippen MR) is 115 cm³/mol. The van der Waals surface area contributed by atoms with E-state index in [4.69, 9.17) is 9.73 Å². The average molecular weight is 395 g/mol. The Morgan fingerprint density at radius 2 is 1.96 bits per heavy atom. The highest BCUT2D eigenvalue weighted by atomic mass is 32.1. The van der Waals surface area contributed by atoms with E-state index in [1.807, 2.05) is 36.4 Å². The average Bonchev–Trinajstić information content (AvgIpc) is 3.10. The maximum atomic E-state index is 11.7. The van der Waals surface area contributed by atoms with E-state index < -0.39 is 0 Å². The molecule has 0 aliphatic heterocycles. The number of methoxy groups -OCH3 is 1. The lowest BCUT2D eigenvalue weighted by Crippen LogP contribution is -2.19. The standard InChI is InChI=1S/C23H26N2O2S/c1-5-16(2)14-25-22(18-9-11-21(27-4)12-10-18)15-28-23(25)24-20-8-6-7-19(13-20)17(3)26/h6-13,15-16H,5,14H2,1-4H3. The zero-order valence-corrected chi connectivity index (χ0v) is 17.6. The summed E-state index contributed by atoms with van der Waals surface area (Å²) < 4.78 is 7.56. The Kier molecular flexibility index (Phi) is 6.47. The minimum Gasteiger partial charge on any atom is -0.497 e. The number of carbonyl (C=O) groups excluding carboxylic acids is 1. The molecule has 0 spiro atoms. The van der Waals surface area contributed by atoms with Crippen LogP contribution in [0.3, 0.4) is 0 Å². The molecular weight excluding hydrogens is 368 g/mol. The third kappa shape index (κ3) is 4.60. The van der Waals surface area contributed by atoms with Gasteiger partial charge in [-0.2, -0.15) is 0 Å². The quantitative estimate of drug-likeness (QED) is 0.482. The van der Waals surface area contributed by atoms with Crippen molar-refractivity contribution in [2.24, 2.45) is 10.9 Å². The molecule has 4 nitrogen and oxygen atoms in total. The van der Waals surface area contributed by atoms with Crippen molar-refractivity contribution in [1.82, 2.24) is 4.57 Å². The maximum Gasteiger partial charge on any atom is 0.190 e. The zero-order valence-electron chi connectivity index (χ0n) is 16.8. The Hall–Kier alpha value is -2.66. The van der Waals surface area contributed by atoms with Gasteiger partial charge in [0.1, 0.15) is 5.75 Å². The number of nitrogens with zero attached hydrogens (tertiary/aromatic N) is 2. The molecule has 0 aliphatic carbocycles. The number of benzene rings is 2. The number of Topliss-reactive ketones (excluding diaryl/α,β-unsaturated/α-hetero) is 1. The lowest BCUT2D eigenvalue weighted by atomic mass is 10.1. The summed E-state index contributed by atoms with van der Waals surface area (Å²) in [6, 6.07) is 15.6. The molecule has 2 aromatic carbocycles. The molecule has 0 fully saturated rings. The van der Waals surface area contributed by atoms with E-state index in [0.717, 1.165) is 40.5 Å². The van der Waals surface area contributed by atoms with Crippen LogP contribution in [-0.4, -0.2) is 17.5 Å². The van der Waals surface area contributed by atoms with Crippen molar-refractivity contribution in [3.05, 3.63) is 64.3 Å². The summed E-state index contributed by atoms with van der Waals surface area (Å²) in [5, 5.41) is 2.15. The van der Waals surface area contributed by atoms with Crippen molar-refractivity contribution in [3.8, 4) is 17.0 Å². The van der Waals surface area contributed by atoms with Gasteiger partial charge in [0.25, 0.3) is 0 Å². The van der Waals surface area contributed by atoms with Crippen molar-refractivity contribution in [3.63, 3.8) is 0 Å². The number of ether oxygens (including phenoxy) is 1. The summed E-state index contributed by atoms with van der Waals surface area (Å²) in [6.45, 7) is 6.93. The van der Waals surface area contributed by atoms with Gasteiger partial charge in [0.15, 0.2) is 10.6 Å². The molecule has 1 heterocycles. The van der Waals surface area contributed by atoms with Crippen LogP contribution in [0.5, 0.6) is 5.75 Å². The molecule has 0 aliphatic rings. The summed E-state index contributed by atoms with van der Waals surface area (Å²) >= 11 is 1.62. The lowest BCUT2D eigenvalue weighted by molar-refractivity contribution is 0.101. The SMILES string of the molecule is CCC(C)Cn1c(-c2ccc(OC)cc2)csc1=Nc1cccc(C(C)=O)c1. The number of aromatic nitrogens is 1. The number of hydrogen-bond acceptors (Lipinski definition) is 4. The second kappa shape index (κ2) is 9.02. The van der Waals surface area contributed by atoms with Crippen LogP contribution in [0.25, 0.3) is 11.3 Å². The normalized spacial score (nSPS) is 12.8. The van der Waals surface area contributed by atoms with Gasteiger partial charge in [-0.3, -0.25) is 4.79 Å². The van der Waals surface area contributed by atoms with Crippen molar-refractivity contribution >= 4 is 22.8 Å². The highest BCUT2D eigenvalue weighted by molar-refractivity contribution is 7.07. The van der Waals surface area contributed by atoms with Crippen LogP contribution < -0.4 is 9.54 Å². The molecule has 1 atom stereocenters. The maximum absolute atomic E-state index is 11.7. The smallest absolute Gasteiger partial charge is 0.190 e. The molecule has 0 N–H and O–H groups in total. The molecule has 0 radical (unpaired) electrons. The summed E-state index contributed by atoms with van der Waals surface area (Å²) in [7, 11) is 1.68. The Morgan fingerprint density at radius 3 is 2.61 bits per heavy atom. The van der Waals surface area contributed by atoms with Gasteiger partial charge in [0.2, 0.25) is 0 Å². The summed E-state index contributed by atoms with van der Waals surface area (Å²) in [5.41, 5.74) is 3.77. The van der Waals surface area contributed by atoms with Crippen LogP contribution in [0.15, 0.2) is 58.9 Å². The van der Waals surface area contributed by atoms with E-state index in [2.05, 4.69) is 35.9 Å². The van der Waals surface area contributed by atoms with E-state index in [0.29, 0.717) is 11.5 Å². The first kappa shape index (κ1) is 20.1. The van der Waals surface area contributed by atoms with Crippen LogP contribution in [0.1, 0.15) is 37.6 Å². The van der Waals surface area contributed by atoms with Crippen LogP contribution in [0.4, 0.5) is 5.69 Å². The van der Waals surface area contributed by atoms with E-state index >= 15 is 0 Å². The molecular formula is C23H26N2O2S. The van der Waals surface area contributed by atoms with Gasteiger partial charge in [-0.05, 0) is 54.8 Å². The van der Waals surface area contributed by atoms with Gasteiger partial charge >= 0.3 is 0 Å². The Balaban J connectivity index is 2.09. The molecule has 3 rings (SSSR count). The van der Waals surface area contributed by atoms with E-state index in [9.17, 15) is 4.79 Å². The number of thiazole rings is 1. The first-order chi connectivity index (χ1) is 13.5. The number of hydrogen-bond donors (Lipinski definition) is 0. The topological polar surface area (TPSA) is 43.6 Å². The molecule has 146 valence electrons. The number of ketones is 1. The molecule has 0 saturated heterocycles. The second-order valence-corrected chi connectivity index (χ2v) is 7.81. The molecule has 0 saturated carbocycles. The number of carbonyl (C=O) groups is 1. The van der Waals surface area contributed by atoms with E-state index in [-0.39, 0.29) is 5.78 Å². The fourth-order valence-electron chi connectivity index (χ4n) is 2.93. The second-order valence-electron chi connectivity index (χ2n) is 6.97. The predicted octanol–water partition coefficient (Wildman–Crippen LogP) is 5.71. The van der Waals surface area contributed by atoms with Crippen molar-refractivity contribution in [2.45, 2.75) is 33.7 Å². The van der Waals surface area contributed by atoms with Gasteiger partial charge in [-0.15, -0.1) is 11.3 Å².